The van der Waals surface area contributed by atoms with E-state index in [0.29, 0.717) is 22.2 Å². The van der Waals surface area contributed by atoms with E-state index in [2.05, 4.69) is 5.32 Å². The number of benzene rings is 1. The first kappa shape index (κ1) is 14.3. The van der Waals surface area contributed by atoms with Crippen LogP contribution in [0.3, 0.4) is 0 Å². The van der Waals surface area contributed by atoms with Crippen LogP contribution in [-0.4, -0.2) is 11.4 Å². The zero-order valence-electron chi connectivity index (χ0n) is 10.1. The van der Waals surface area contributed by atoms with Gasteiger partial charge in [-0.3, -0.25) is 4.79 Å². The van der Waals surface area contributed by atoms with E-state index in [1.165, 1.54) is 0 Å². The quantitative estimate of drug-likeness (QED) is 0.888. The molecule has 0 saturated carbocycles. The summed E-state index contributed by atoms with van der Waals surface area (Å²) in [5.74, 6) is -0.276. The van der Waals surface area contributed by atoms with Crippen LogP contribution >= 0.6 is 23.2 Å². The number of hydrogen-bond donors (Lipinski definition) is 2. The van der Waals surface area contributed by atoms with Gasteiger partial charge in [0.1, 0.15) is 0 Å². The summed E-state index contributed by atoms with van der Waals surface area (Å²) in [6.45, 7) is 5.37. The van der Waals surface area contributed by atoms with Crippen LogP contribution in [0.15, 0.2) is 12.1 Å². The van der Waals surface area contributed by atoms with Gasteiger partial charge in [0.05, 0.1) is 16.2 Å². The van der Waals surface area contributed by atoms with Gasteiger partial charge in [0.25, 0.3) is 0 Å². The minimum atomic E-state index is -0.916. The van der Waals surface area contributed by atoms with Crippen molar-refractivity contribution >= 4 is 34.8 Å². The van der Waals surface area contributed by atoms with E-state index in [4.69, 9.17) is 28.9 Å². The molecule has 1 aromatic rings. The molecule has 0 saturated heterocycles. The standard InChI is InChI=1S/C12H16Cl2N2O/c1-4-12(3,15)11(17)16-10-6-8(13)7(2)5-9(10)14/h5-6H,4,15H2,1-3H3,(H,16,17). The van der Waals surface area contributed by atoms with Crippen LogP contribution in [0.25, 0.3) is 0 Å². The predicted octanol–water partition coefficient (Wildman–Crippen LogP) is 3.37. The lowest BCUT2D eigenvalue weighted by molar-refractivity contribution is -0.120. The molecule has 1 unspecified atom stereocenters. The Labute approximate surface area is 111 Å². The maximum atomic E-state index is 11.9. The highest BCUT2D eigenvalue weighted by Gasteiger charge is 2.26. The number of halogens is 2. The molecular formula is C12H16Cl2N2O. The molecule has 3 nitrogen and oxygen atoms in total. The fourth-order valence-electron chi connectivity index (χ4n) is 1.17. The molecule has 0 aromatic heterocycles. The molecule has 17 heavy (non-hydrogen) atoms. The van der Waals surface area contributed by atoms with E-state index >= 15 is 0 Å². The van der Waals surface area contributed by atoms with Crippen molar-refractivity contribution in [2.75, 3.05) is 5.32 Å². The van der Waals surface area contributed by atoms with Gasteiger partial charge in [-0.05, 0) is 38.0 Å². The maximum absolute atomic E-state index is 11.9. The van der Waals surface area contributed by atoms with Crippen molar-refractivity contribution in [1.82, 2.24) is 0 Å². The number of anilines is 1. The van der Waals surface area contributed by atoms with Gasteiger partial charge in [0, 0.05) is 5.02 Å². The van der Waals surface area contributed by atoms with E-state index in [0.717, 1.165) is 5.56 Å². The van der Waals surface area contributed by atoms with Crippen molar-refractivity contribution in [1.29, 1.82) is 0 Å². The van der Waals surface area contributed by atoms with Gasteiger partial charge in [-0.15, -0.1) is 0 Å². The minimum Gasteiger partial charge on any atom is -0.323 e. The van der Waals surface area contributed by atoms with Crippen LogP contribution in [0.1, 0.15) is 25.8 Å². The van der Waals surface area contributed by atoms with Gasteiger partial charge in [0.2, 0.25) is 5.91 Å². The molecule has 5 heteroatoms. The molecule has 1 rings (SSSR count). The molecule has 0 aliphatic carbocycles. The minimum absolute atomic E-state index is 0.276. The van der Waals surface area contributed by atoms with E-state index < -0.39 is 5.54 Å². The third-order valence-corrected chi connectivity index (χ3v) is 3.47. The second kappa shape index (κ2) is 5.25. The lowest BCUT2D eigenvalue weighted by atomic mass is 9.99. The first-order valence-corrected chi connectivity index (χ1v) is 6.09. The number of hydrogen-bond acceptors (Lipinski definition) is 2. The molecule has 1 atom stereocenters. The van der Waals surface area contributed by atoms with Crippen LogP contribution in [0.4, 0.5) is 5.69 Å². The number of aryl methyl sites for hydroxylation is 1. The van der Waals surface area contributed by atoms with Gasteiger partial charge in [-0.1, -0.05) is 30.1 Å². The molecular weight excluding hydrogens is 259 g/mol. The van der Waals surface area contributed by atoms with Crippen LogP contribution in [0.5, 0.6) is 0 Å². The first-order chi connectivity index (χ1) is 7.77. The van der Waals surface area contributed by atoms with Gasteiger partial charge >= 0.3 is 0 Å². The molecule has 0 radical (unpaired) electrons. The summed E-state index contributed by atoms with van der Waals surface area (Å²) in [4.78, 5) is 11.9. The van der Waals surface area contributed by atoms with Gasteiger partial charge in [-0.2, -0.15) is 0 Å². The summed E-state index contributed by atoms with van der Waals surface area (Å²) < 4.78 is 0. The fraction of sp³-hybridized carbons (Fsp3) is 0.417. The highest BCUT2D eigenvalue weighted by Crippen LogP contribution is 2.29. The summed E-state index contributed by atoms with van der Waals surface area (Å²) in [7, 11) is 0. The first-order valence-electron chi connectivity index (χ1n) is 5.34. The van der Waals surface area contributed by atoms with E-state index in [-0.39, 0.29) is 5.91 Å². The Morgan fingerprint density at radius 1 is 1.41 bits per heavy atom. The third-order valence-electron chi connectivity index (χ3n) is 2.75. The number of carbonyl (C=O) groups is 1. The Balaban J connectivity index is 2.97. The van der Waals surface area contributed by atoms with Crippen LogP contribution < -0.4 is 11.1 Å². The van der Waals surface area contributed by atoms with Gasteiger partial charge < -0.3 is 11.1 Å². The summed E-state index contributed by atoms with van der Waals surface area (Å²) in [5.41, 5.74) is 6.27. The molecule has 3 N–H and O–H groups in total. The van der Waals surface area contributed by atoms with E-state index in [1.807, 2.05) is 13.8 Å². The van der Waals surface area contributed by atoms with Gasteiger partial charge in [0.15, 0.2) is 0 Å². The van der Waals surface area contributed by atoms with Gasteiger partial charge in [-0.25, -0.2) is 0 Å². The Bertz CT molecular complexity index is 444. The number of nitrogens with one attached hydrogen (secondary N) is 1. The van der Waals surface area contributed by atoms with Crippen molar-refractivity contribution < 1.29 is 4.79 Å². The van der Waals surface area contributed by atoms with E-state index in [1.54, 1.807) is 19.1 Å². The summed E-state index contributed by atoms with van der Waals surface area (Å²) in [6.07, 6.45) is 0.538. The van der Waals surface area contributed by atoms with Crippen molar-refractivity contribution in [2.24, 2.45) is 5.73 Å². The monoisotopic (exact) mass is 274 g/mol. The van der Waals surface area contributed by atoms with Crippen LogP contribution in [0.2, 0.25) is 10.0 Å². The molecule has 0 aliphatic heterocycles. The zero-order chi connectivity index (χ0) is 13.2. The lowest BCUT2D eigenvalue weighted by Crippen LogP contribution is -2.47. The summed E-state index contributed by atoms with van der Waals surface area (Å²) in [5, 5.41) is 3.70. The number of amides is 1. The topological polar surface area (TPSA) is 55.1 Å². The van der Waals surface area contributed by atoms with Crippen molar-refractivity contribution in [2.45, 2.75) is 32.7 Å². The number of rotatable bonds is 3. The summed E-state index contributed by atoms with van der Waals surface area (Å²) in [6, 6.07) is 3.34. The van der Waals surface area contributed by atoms with Crippen LogP contribution in [0, 0.1) is 6.92 Å². The smallest absolute Gasteiger partial charge is 0.244 e. The Morgan fingerprint density at radius 2 is 2.00 bits per heavy atom. The molecule has 0 heterocycles. The second-order valence-electron chi connectivity index (χ2n) is 4.31. The normalized spacial score (nSPS) is 14.2. The lowest BCUT2D eigenvalue weighted by Gasteiger charge is -2.22. The van der Waals surface area contributed by atoms with Crippen molar-refractivity contribution in [3.8, 4) is 0 Å². The Kier molecular flexibility index (Phi) is 4.42. The maximum Gasteiger partial charge on any atom is 0.244 e. The molecule has 94 valence electrons. The van der Waals surface area contributed by atoms with E-state index in [9.17, 15) is 4.79 Å². The Morgan fingerprint density at radius 3 is 2.53 bits per heavy atom. The molecule has 0 spiro atoms. The largest absolute Gasteiger partial charge is 0.323 e. The molecule has 0 bridgehead atoms. The SMILES string of the molecule is CCC(C)(N)C(=O)Nc1cc(Cl)c(C)cc1Cl. The molecule has 0 aliphatic rings. The Hall–Kier alpha value is -0.770. The number of carbonyl (C=O) groups excluding carboxylic acids is 1. The molecule has 1 amide bonds. The fourth-order valence-corrected chi connectivity index (χ4v) is 1.60. The van der Waals surface area contributed by atoms with Crippen LogP contribution in [-0.2, 0) is 4.79 Å². The number of nitrogens with two attached hydrogens (primary N) is 1. The molecule has 1 aromatic carbocycles. The third kappa shape index (κ3) is 3.35. The molecule has 0 fully saturated rings. The van der Waals surface area contributed by atoms with Crippen molar-refractivity contribution in [3.63, 3.8) is 0 Å². The second-order valence-corrected chi connectivity index (χ2v) is 5.12. The zero-order valence-corrected chi connectivity index (χ0v) is 11.6. The van der Waals surface area contributed by atoms with Crippen molar-refractivity contribution in [3.05, 3.63) is 27.7 Å². The summed E-state index contributed by atoms with van der Waals surface area (Å²) >= 11 is 12.0. The highest BCUT2D eigenvalue weighted by molar-refractivity contribution is 6.36. The highest BCUT2D eigenvalue weighted by atomic mass is 35.5. The average Bonchev–Trinajstić information content (AvgIpc) is 2.25. The average molecular weight is 275 g/mol. The predicted molar refractivity (Wildman–Crippen MR) is 72.7 cm³/mol.